The minimum absolute atomic E-state index is 0.309. The van der Waals surface area contributed by atoms with Gasteiger partial charge in [-0.1, -0.05) is 35.9 Å². The number of halogens is 2. The molecule has 0 spiro atoms. The van der Waals surface area contributed by atoms with Crippen molar-refractivity contribution in [3.63, 3.8) is 0 Å². The number of aliphatic carboxylic acids is 1. The van der Waals surface area contributed by atoms with E-state index in [2.05, 4.69) is 0 Å². The van der Waals surface area contributed by atoms with Gasteiger partial charge in [0, 0.05) is 29.8 Å². The third-order valence-corrected chi connectivity index (χ3v) is 5.16. The zero-order chi connectivity index (χ0) is 20.7. The van der Waals surface area contributed by atoms with Gasteiger partial charge in [-0.25, -0.2) is 4.39 Å². The molecule has 28 heavy (non-hydrogen) atoms. The first kappa shape index (κ1) is 22.3. The third kappa shape index (κ3) is 6.03. The molecule has 152 valence electrons. The maximum atomic E-state index is 14.0. The van der Waals surface area contributed by atoms with Crippen molar-refractivity contribution in [2.45, 2.75) is 39.2 Å². The van der Waals surface area contributed by atoms with E-state index in [0.717, 1.165) is 11.1 Å². The van der Waals surface area contributed by atoms with Gasteiger partial charge < -0.3 is 15.6 Å². The van der Waals surface area contributed by atoms with Crippen molar-refractivity contribution in [1.82, 2.24) is 0 Å². The summed E-state index contributed by atoms with van der Waals surface area (Å²) >= 11 is 5.96. The molecule has 4 nitrogen and oxygen atoms in total. The lowest BCUT2D eigenvalue weighted by Gasteiger charge is -2.28. The summed E-state index contributed by atoms with van der Waals surface area (Å²) in [6, 6.07) is 11.5. The van der Waals surface area contributed by atoms with Gasteiger partial charge in [0.2, 0.25) is 0 Å². The fraction of sp³-hybridized carbons (Fsp3) is 0.409. The van der Waals surface area contributed by atoms with Crippen molar-refractivity contribution in [2.24, 2.45) is 11.1 Å². The van der Waals surface area contributed by atoms with Gasteiger partial charge >= 0.3 is 5.97 Å². The SMILES string of the molecule is CCOCC[C@](C)(C[C@H](N)Cc1ccc(-c2cc(Cl)ccc2F)cc1)C(=O)O. The zero-order valence-electron chi connectivity index (χ0n) is 16.3. The lowest BCUT2D eigenvalue weighted by molar-refractivity contribution is -0.149. The van der Waals surface area contributed by atoms with E-state index >= 15 is 0 Å². The molecule has 0 aliphatic carbocycles. The van der Waals surface area contributed by atoms with Crippen LogP contribution in [0.1, 0.15) is 32.3 Å². The third-order valence-electron chi connectivity index (χ3n) is 4.92. The maximum Gasteiger partial charge on any atom is 0.309 e. The molecule has 0 saturated carbocycles. The Bertz CT molecular complexity index is 797. The predicted molar refractivity (Wildman–Crippen MR) is 110 cm³/mol. The first-order valence-corrected chi connectivity index (χ1v) is 9.74. The fourth-order valence-electron chi connectivity index (χ4n) is 3.23. The molecule has 0 aliphatic heterocycles. The van der Waals surface area contributed by atoms with Crippen LogP contribution in [0.5, 0.6) is 0 Å². The fourth-order valence-corrected chi connectivity index (χ4v) is 3.40. The highest BCUT2D eigenvalue weighted by Gasteiger charge is 2.34. The smallest absolute Gasteiger partial charge is 0.309 e. The number of hydrogen-bond donors (Lipinski definition) is 2. The van der Waals surface area contributed by atoms with Crippen molar-refractivity contribution in [2.75, 3.05) is 13.2 Å². The van der Waals surface area contributed by atoms with Crippen LogP contribution < -0.4 is 5.73 Å². The van der Waals surface area contributed by atoms with Crippen molar-refractivity contribution in [3.8, 4) is 11.1 Å². The lowest BCUT2D eigenvalue weighted by Crippen LogP contribution is -2.37. The van der Waals surface area contributed by atoms with Crippen molar-refractivity contribution in [1.29, 1.82) is 0 Å². The van der Waals surface area contributed by atoms with E-state index in [-0.39, 0.29) is 11.9 Å². The second-order valence-corrected chi connectivity index (χ2v) is 7.74. The van der Waals surface area contributed by atoms with Gasteiger partial charge in [-0.15, -0.1) is 0 Å². The van der Waals surface area contributed by atoms with Crippen LogP contribution in [-0.2, 0) is 16.0 Å². The normalized spacial score (nSPS) is 14.5. The molecule has 0 aliphatic rings. The molecule has 3 N–H and O–H groups in total. The van der Waals surface area contributed by atoms with Crippen LogP contribution in [0.15, 0.2) is 42.5 Å². The summed E-state index contributed by atoms with van der Waals surface area (Å²) < 4.78 is 19.3. The molecule has 0 unspecified atom stereocenters. The van der Waals surface area contributed by atoms with E-state index in [4.69, 9.17) is 22.1 Å². The van der Waals surface area contributed by atoms with Crippen molar-refractivity contribution >= 4 is 17.6 Å². The minimum atomic E-state index is -0.932. The molecule has 6 heteroatoms. The number of benzene rings is 2. The molecule has 0 fully saturated rings. The number of carboxylic acid groups (broad SMARTS) is 1. The number of carboxylic acids is 1. The highest BCUT2D eigenvalue weighted by atomic mass is 35.5. The summed E-state index contributed by atoms with van der Waals surface area (Å²) in [5.74, 6) is -1.20. The van der Waals surface area contributed by atoms with Crippen LogP contribution in [0.3, 0.4) is 0 Å². The average molecular weight is 408 g/mol. The second-order valence-electron chi connectivity index (χ2n) is 7.30. The van der Waals surface area contributed by atoms with Gasteiger partial charge in [0.1, 0.15) is 5.82 Å². The predicted octanol–water partition coefficient (Wildman–Crippen LogP) is 4.92. The van der Waals surface area contributed by atoms with E-state index < -0.39 is 11.4 Å². The Morgan fingerprint density at radius 2 is 1.96 bits per heavy atom. The van der Waals surface area contributed by atoms with Crippen LogP contribution >= 0.6 is 11.6 Å². The molecular formula is C22H27ClFNO3. The Morgan fingerprint density at radius 3 is 2.57 bits per heavy atom. The highest BCUT2D eigenvalue weighted by molar-refractivity contribution is 6.30. The van der Waals surface area contributed by atoms with Crippen LogP contribution in [-0.4, -0.2) is 30.3 Å². The Kier molecular flexibility index (Phi) is 7.98. The van der Waals surface area contributed by atoms with Crippen molar-refractivity contribution in [3.05, 3.63) is 58.9 Å². The number of nitrogens with two attached hydrogens (primary N) is 1. The zero-order valence-corrected chi connectivity index (χ0v) is 17.0. The number of carbonyl (C=O) groups is 1. The summed E-state index contributed by atoms with van der Waals surface area (Å²) in [4.78, 5) is 11.7. The van der Waals surface area contributed by atoms with Crippen LogP contribution in [0.25, 0.3) is 11.1 Å². The largest absolute Gasteiger partial charge is 0.481 e. The maximum absolute atomic E-state index is 14.0. The second kappa shape index (κ2) is 10.0. The summed E-state index contributed by atoms with van der Waals surface area (Å²) in [6.45, 7) is 4.54. The van der Waals surface area contributed by atoms with Gasteiger partial charge in [0.15, 0.2) is 0 Å². The van der Waals surface area contributed by atoms with E-state index in [1.165, 1.54) is 12.1 Å². The van der Waals surface area contributed by atoms with Gasteiger partial charge in [-0.05, 0) is 62.4 Å². The molecular weight excluding hydrogens is 381 g/mol. The molecule has 0 aromatic heterocycles. The summed E-state index contributed by atoms with van der Waals surface area (Å²) in [5.41, 5.74) is 7.45. The molecule has 0 radical (unpaired) electrons. The summed E-state index contributed by atoms with van der Waals surface area (Å²) in [5, 5.41) is 10.1. The van der Waals surface area contributed by atoms with Crippen LogP contribution in [0.2, 0.25) is 5.02 Å². The first-order chi connectivity index (χ1) is 13.2. The summed E-state index contributed by atoms with van der Waals surface area (Å²) in [7, 11) is 0. The molecule has 0 amide bonds. The minimum Gasteiger partial charge on any atom is -0.481 e. The monoisotopic (exact) mass is 407 g/mol. The molecule has 2 aromatic rings. The molecule has 0 bridgehead atoms. The Morgan fingerprint density at radius 1 is 1.29 bits per heavy atom. The van der Waals surface area contributed by atoms with Gasteiger partial charge in [-0.2, -0.15) is 0 Å². The van der Waals surface area contributed by atoms with E-state index in [9.17, 15) is 14.3 Å². The van der Waals surface area contributed by atoms with Gasteiger partial charge in [-0.3, -0.25) is 4.79 Å². The quantitative estimate of drug-likeness (QED) is 0.548. The lowest BCUT2D eigenvalue weighted by atomic mass is 9.79. The summed E-state index contributed by atoms with van der Waals surface area (Å²) in [6.07, 6.45) is 1.30. The molecule has 0 heterocycles. The van der Waals surface area contributed by atoms with Crippen LogP contribution in [0.4, 0.5) is 4.39 Å². The topological polar surface area (TPSA) is 72.5 Å². The Balaban J connectivity index is 2.04. The highest BCUT2D eigenvalue weighted by Crippen LogP contribution is 2.30. The van der Waals surface area contributed by atoms with E-state index in [1.807, 2.05) is 31.2 Å². The molecule has 2 rings (SSSR count). The Hall–Kier alpha value is -1.95. The number of hydrogen-bond acceptors (Lipinski definition) is 3. The standard InChI is InChI=1S/C22H27ClFNO3/c1-3-28-11-10-22(2,21(26)27)14-18(25)12-15-4-6-16(7-5-15)19-13-17(23)8-9-20(19)24/h4-9,13,18H,3,10-12,14,25H2,1-2H3,(H,26,27)/t18-,22-/m1/s1. The number of ether oxygens (including phenoxy) is 1. The number of rotatable bonds is 10. The van der Waals surface area contributed by atoms with Gasteiger partial charge in [0.05, 0.1) is 5.41 Å². The van der Waals surface area contributed by atoms with Gasteiger partial charge in [0.25, 0.3) is 0 Å². The molecule has 2 aromatic carbocycles. The van der Waals surface area contributed by atoms with Crippen LogP contribution in [0, 0.1) is 11.2 Å². The average Bonchev–Trinajstić information content (AvgIpc) is 2.64. The van der Waals surface area contributed by atoms with Crippen molar-refractivity contribution < 1.29 is 19.0 Å². The molecule has 0 saturated heterocycles. The first-order valence-electron chi connectivity index (χ1n) is 9.36. The Labute approximate surface area is 170 Å². The van der Waals surface area contributed by atoms with E-state index in [1.54, 1.807) is 13.0 Å². The van der Waals surface area contributed by atoms with E-state index in [0.29, 0.717) is 43.1 Å². The molecule has 2 atom stereocenters.